The van der Waals surface area contributed by atoms with E-state index in [1.807, 2.05) is 24.8 Å². The topological polar surface area (TPSA) is 66.8 Å². The summed E-state index contributed by atoms with van der Waals surface area (Å²) in [6, 6.07) is 9.01. The van der Waals surface area contributed by atoms with E-state index in [1.165, 1.54) is 18.4 Å². The van der Waals surface area contributed by atoms with E-state index in [0.29, 0.717) is 11.9 Å². The van der Waals surface area contributed by atoms with Crippen molar-refractivity contribution in [3.8, 4) is 11.4 Å². The van der Waals surface area contributed by atoms with E-state index in [9.17, 15) is 4.79 Å². The van der Waals surface area contributed by atoms with Gasteiger partial charge in [0.2, 0.25) is 0 Å². The molecular formula is C23H27N5O. The minimum absolute atomic E-state index is 0.0371. The molecule has 0 spiro atoms. The van der Waals surface area contributed by atoms with Crippen molar-refractivity contribution in [2.24, 2.45) is 0 Å². The van der Waals surface area contributed by atoms with Crippen LogP contribution in [0.4, 0.5) is 0 Å². The first-order valence-electron chi connectivity index (χ1n) is 10.7. The Bertz CT molecular complexity index is 1040. The van der Waals surface area contributed by atoms with Crippen molar-refractivity contribution in [3.63, 3.8) is 0 Å². The quantitative estimate of drug-likeness (QED) is 0.728. The molecule has 3 heterocycles. The third-order valence-corrected chi connectivity index (χ3v) is 6.26. The van der Waals surface area contributed by atoms with Gasteiger partial charge in [0, 0.05) is 42.7 Å². The molecule has 2 aromatic heterocycles. The van der Waals surface area contributed by atoms with Crippen LogP contribution in [0.2, 0.25) is 0 Å². The van der Waals surface area contributed by atoms with E-state index in [-0.39, 0.29) is 5.56 Å². The van der Waals surface area contributed by atoms with Gasteiger partial charge in [0.25, 0.3) is 5.56 Å². The summed E-state index contributed by atoms with van der Waals surface area (Å²) < 4.78 is 2.17. The maximum Gasteiger partial charge on any atom is 0.254 e. The molecule has 1 fully saturated rings. The number of aromatic nitrogens is 4. The summed E-state index contributed by atoms with van der Waals surface area (Å²) in [5.74, 6) is 0.703. The second-order valence-electron chi connectivity index (χ2n) is 8.27. The van der Waals surface area contributed by atoms with Crippen LogP contribution in [0.3, 0.4) is 0 Å². The van der Waals surface area contributed by atoms with Crippen LogP contribution in [-0.4, -0.2) is 37.0 Å². The zero-order valence-electron chi connectivity index (χ0n) is 16.7. The highest BCUT2D eigenvalue weighted by molar-refractivity contribution is 5.56. The first-order valence-corrected chi connectivity index (χ1v) is 10.7. The van der Waals surface area contributed by atoms with Crippen LogP contribution in [0.25, 0.3) is 11.4 Å². The molecule has 1 atom stereocenters. The normalized spacial score (nSPS) is 19.4. The minimum Gasteiger partial charge on any atom is -0.336 e. The summed E-state index contributed by atoms with van der Waals surface area (Å²) in [5.41, 5.74) is 4.17. The molecule has 1 unspecified atom stereocenters. The number of rotatable bonds is 5. The largest absolute Gasteiger partial charge is 0.336 e. The van der Waals surface area contributed by atoms with Gasteiger partial charge in [-0.2, -0.15) is 0 Å². The van der Waals surface area contributed by atoms with Crippen LogP contribution in [0.15, 0.2) is 47.8 Å². The van der Waals surface area contributed by atoms with Crippen LogP contribution < -0.4 is 5.56 Å². The molecule has 1 aliphatic heterocycles. The lowest BCUT2D eigenvalue weighted by Crippen LogP contribution is -2.32. The summed E-state index contributed by atoms with van der Waals surface area (Å²) in [6.45, 7) is 3.03. The van der Waals surface area contributed by atoms with Crippen molar-refractivity contribution in [2.75, 3.05) is 6.54 Å². The lowest BCUT2D eigenvalue weighted by atomic mass is 9.97. The molecule has 1 saturated heterocycles. The molecule has 3 aromatic rings. The van der Waals surface area contributed by atoms with E-state index in [0.717, 1.165) is 62.1 Å². The fourth-order valence-corrected chi connectivity index (χ4v) is 4.74. The highest BCUT2D eigenvalue weighted by Gasteiger charge is 2.25. The summed E-state index contributed by atoms with van der Waals surface area (Å²) in [6.07, 6.45) is 12.2. The zero-order chi connectivity index (χ0) is 19.6. The van der Waals surface area contributed by atoms with Gasteiger partial charge in [0.1, 0.15) is 5.82 Å². The summed E-state index contributed by atoms with van der Waals surface area (Å²) in [5, 5.41) is 0. The monoisotopic (exact) mass is 389 g/mol. The lowest BCUT2D eigenvalue weighted by Gasteiger charge is -2.25. The Labute approximate surface area is 170 Å². The minimum atomic E-state index is 0.0371. The average Bonchev–Trinajstić information content (AvgIpc) is 3.41. The molecule has 5 rings (SSSR count). The molecule has 0 radical (unpaired) electrons. The highest BCUT2D eigenvalue weighted by atomic mass is 16.1. The van der Waals surface area contributed by atoms with Gasteiger partial charge in [-0.05, 0) is 56.7 Å². The molecule has 29 heavy (non-hydrogen) atoms. The molecule has 2 aliphatic rings. The number of fused-ring (bicyclic) bond motifs is 1. The Morgan fingerprint density at radius 2 is 2.10 bits per heavy atom. The Balaban J connectivity index is 1.36. The molecule has 150 valence electrons. The SMILES string of the molecule is O=c1[nH]c(-c2cccc(CN3CCCC3Cn3ccnc3)c2)nc2c1CCCC2. The molecule has 6 heteroatoms. The Morgan fingerprint density at radius 1 is 1.17 bits per heavy atom. The molecule has 0 saturated carbocycles. The van der Waals surface area contributed by atoms with Crippen LogP contribution in [0.5, 0.6) is 0 Å². The Morgan fingerprint density at radius 3 is 3.00 bits per heavy atom. The highest BCUT2D eigenvalue weighted by Crippen LogP contribution is 2.24. The molecule has 6 nitrogen and oxygen atoms in total. The number of benzene rings is 1. The molecule has 1 aliphatic carbocycles. The van der Waals surface area contributed by atoms with E-state index in [2.05, 4.69) is 37.6 Å². The van der Waals surface area contributed by atoms with Gasteiger partial charge in [-0.25, -0.2) is 9.97 Å². The third-order valence-electron chi connectivity index (χ3n) is 6.26. The van der Waals surface area contributed by atoms with Crippen LogP contribution in [0, 0.1) is 0 Å². The maximum atomic E-state index is 12.5. The van der Waals surface area contributed by atoms with Crippen molar-refractivity contribution in [3.05, 3.63) is 70.2 Å². The predicted octanol–water partition coefficient (Wildman–Crippen LogP) is 3.18. The van der Waals surface area contributed by atoms with Crippen LogP contribution in [-0.2, 0) is 25.9 Å². The fourth-order valence-electron chi connectivity index (χ4n) is 4.74. The lowest BCUT2D eigenvalue weighted by molar-refractivity contribution is 0.224. The van der Waals surface area contributed by atoms with Gasteiger partial charge < -0.3 is 9.55 Å². The molecule has 1 aromatic carbocycles. The van der Waals surface area contributed by atoms with Gasteiger partial charge in [-0.3, -0.25) is 9.69 Å². The van der Waals surface area contributed by atoms with Crippen LogP contribution >= 0.6 is 0 Å². The van der Waals surface area contributed by atoms with Crippen molar-refractivity contribution in [1.29, 1.82) is 0 Å². The van der Waals surface area contributed by atoms with Gasteiger partial charge >= 0.3 is 0 Å². The van der Waals surface area contributed by atoms with Gasteiger partial charge in [0.05, 0.1) is 12.0 Å². The Hall–Kier alpha value is -2.73. The molecule has 0 amide bonds. The fraction of sp³-hybridized carbons (Fsp3) is 0.435. The number of nitrogens with one attached hydrogen (secondary N) is 1. The van der Waals surface area contributed by atoms with Crippen molar-refractivity contribution in [1.82, 2.24) is 24.4 Å². The first-order chi connectivity index (χ1) is 14.3. The van der Waals surface area contributed by atoms with Gasteiger partial charge in [-0.1, -0.05) is 18.2 Å². The second-order valence-corrected chi connectivity index (χ2v) is 8.27. The summed E-state index contributed by atoms with van der Waals surface area (Å²) in [4.78, 5) is 27.1. The third kappa shape index (κ3) is 3.90. The Kier molecular flexibility index (Phi) is 5.02. The van der Waals surface area contributed by atoms with Crippen molar-refractivity contribution in [2.45, 2.75) is 57.7 Å². The van der Waals surface area contributed by atoms with Gasteiger partial charge in [-0.15, -0.1) is 0 Å². The smallest absolute Gasteiger partial charge is 0.254 e. The van der Waals surface area contributed by atoms with Crippen LogP contribution in [0.1, 0.15) is 42.5 Å². The summed E-state index contributed by atoms with van der Waals surface area (Å²) >= 11 is 0. The van der Waals surface area contributed by atoms with Crippen molar-refractivity contribution >= 4 is 0 Å². The average molecular weight is 390 g/mol. The van der Waals surface area contributed by atoms with E-state index in [4.69, 9.17) is 4.98 Å². The van der Waals surface area contributed by atoms with Crippen molar-refractivity contribution < 1.29 is 0 Å². The maximum absolute atomic E-state index is 12.5. The van der Waals surface area contributed by atoms with E-state index >= 15 is 0 Å². The number of H-pyrrole nitrogens is 1. The standard InChI is InChI=1S/C23H27N5O/c29-23-20-8-1-2-9-21(20)25-22(26-23)18-6-3-5-17(13-18)14-28-11-4-7-19(28)15-27-12-10-24-16-27/h3,5-6,10,12-13,16,19H,1-2,4,7-9,11,14-15H2,(H,25,26,29). The number of hydrogen-bond donors (Lipinski definition) is 1. The summed E-state index contributed by atoms with van der Waals surface area (Å²) in [7, 11) is 0. The first kappa shape index (κ1) is 18.3. The van der Waals surface area contributed by atoms with E-state index < -0.39 is 0 Å². The van der Waals surface area contributed by atoms with E-state index in [1.54, 1.807) is 0 Å². The number of aryl methyl sites for hydroxylation is 1. The molecule has 1 N–H and O–H groups in total. The molecule has 0 bridgehead atoms. The number of imidazole rings is 1. The van der Waals surface area contributed by atoms with Gasteiger partial charge in [0.15, 0.2) is 0 Å². The second kappa shape index (κ2) is 7.95. The number of likely N-dealkylation sites (tertiary alicyclic amines) is 1. The zero-order valence-corrected chi connectivity index (χ0v) is 16.7. The number of aromatic amines is 1. The number of nitrogens with zero attached hydrogens (tertiary/aromatic N) is 4. The molecular weight excluding hydrogens is 362 g/mol. The predicted molar refractivity (Wildman–Crippen MR) is 113 cm³/mol. The number of hydrogen-bond acceptors (Lipinski definition) is 4.